The molecule has 0 saturated heterocycles. The molecule has 1 aromatic heterocycles. The van der Waals surface area contributed by atoms with Gasteiger partial charge in [0, 0.05) is 6.54 Å². The van der Waals surface area contributed by atoms with Crippen LogP contribution in [0.5, 0.6) is 5.75 Å². The van der Waals surface area contributed by atoms with E-state index in [1.165, 1.54) is 16.4 Å². The minimum absolute atomic E-state index is 0.0215. The van der Waals surface area contributed by atoms with Crippen LogP contribution in [0.15, 0.2) is 30.5 Å². The molecule has 2 aromatic rings. The first-order chi connectivity index (χ1) is 11.8. The Morgan fingerprint density at radius 2 is 2.04 bits per heavy atom. The molecule has 0 aliphatic heterocycles. The summed E-state index contributed by atoms with van der Waals surface area (Å²) in [5.41, 5.74) is 7.43. The Morgan fingerprint density at radius 3 is 2.56 bits per heavy atom. The molecule has 1 heterocycles. The summed E-state index contributed by atoms with van der Waals surface area (Å²) in [6.45, 7) is 6.57. The van der Waals surface area contributed by atoms with Gasteiger partial charge in [0.25, 0.3) is 5.91 Å². The lowest BCUT2D eigenvalue weighted by Gasteiger charge is -2.29. The molecule has 3 rings (SSSR count). The van der Waals surface area contributed by atoms with Crippen LogP contribution >= 0.6 is 0 Å². The summed E-state index contributed by atoms with van der Waals surface area (Å²) in [4.78, 5) is 12.6. The van der Waals surface area contributed by atoms with Gasteiger partial charge in [-0.05, 0) is 49.3 Å². The second-order valence-corrected chi connectivity index (χ2v) is 7.40. The van der Waals surface area contributed by atoms with Crippen LogP contribution in [0.25, 0.3) is 5.69 Å². The minimum atomic E-state index is -0.452. The predicted molar refractivity (Wildman–Crippen MR) is 97.0 cm³/mol. The van der Waals surface area contributed by atoms with Crippen molar-refractivity contribution in [2.24, 2.45) is 11.7 Å². The summed E-state index contributed by atoms with van der Waals surface area (Å²) >= 11 is 0. The number of nitrogens with zero attached hydrogens (tertiary/aromatic N) is 2. The van der Waals surface area contributed by atoms with E-state index >= 15 is 0 Å². The van der Waals surface area contributed by atoms with Gasteiger partial charge in [-0.1, -0.05) is 26.0 Å². The van der Waals surface area contributed by atoms with Gasteiger partial charge < -0.3 is 16.2 Å². The van der Waals surface area contributed by atoms with E-state index in [1.54, 1.807) is 0 Å². The van der Waals surface area contributed by atoms with Crippen LogP contribution in [0.3, 0.4) is 0 Å². The zero-order valence-electron chi connectivity index (χ0n) is 15.0. The van der Waals surface area contributed by atoms with Crippen molar-refractivity contribution in [1.82, 2.24) is 15.1 Å². The maximum atomic E-state index is 12.6. The van der Waals surface area contributed by atoms with E-state index < -0.39 is 11.4 Å². The van der Waals surface area contributed by atoms with Crippen LogP contribution in [0, 0.1) is 5.92 Å². The number of hydrogen-bond acceptors (Lipinski definition) is 4. The quantitative estimate of drug-likeness (QED) is 0.752. The normalized spacial score (nSPS) is 16.7. The summed E-state index contributed by atoms with van der Waals surface area (Å²) in [5.74, 6) is 0.308. The lowest BCUT2D eigenvalue weighted by Crippen LogP contribution is -2.53. The first-order valence-electron chi connectivity index (χ1n) is 8.75. The molecule has 0 bridgehead atoms. The molecular formula is C19H26N4O2. The number of carbonyl (C=O) groups is 1. The van der Waals surface area contributed by atoms with E-state index in [2.05, 4.69) is 24.3 Å². The monoisotopic (exact) mass is 342 g/mol. The summed E-state index contributed by atoms with van der Waals surface area (Å²) in [6, 6.07) is 7.91. The standard InChI is InChI=1S/C19H26N4O2/c1-12(2)13-4-8-15(9-5-13)23-10-16(24)17(22-23)18(25)21-19(3,11-20)14-6-7-14/h4-5,8-10,12,14,24H,6-7,11,20H2,1-3H3,(H,21,25). The van der Waals surface area contributed by atoms with Crippen molar-refractivity contribution in [3.63, 3.8) is 0 Å². The average molecular weight is 342 g/mol. The molecule has 1 amide bonds. The Hall–Kier alpha value is -2.34. The topological polar surface area (TPSA) is 93.2 Å². The molecule has 1 fully saturated rings. The number of hydrogen-bond donors (Lipinski definition) is 3. The van der Waals surface area contributed by atoms with Crippen LogP contribution in [0.2, 0.25) is 0 Å². The van der Waals surface area contributed by atoms with Crippen molar-refractivity contribution in [1.29, 1.82) is 0 Å². The molecule has 1 aliphatic carbocycles. The largest absolute Gasteiger partial charge is 0.504 e. The molecule has 6 nitrogen and oxygen atoms in total. The highest BCUT2D eigenvalue weighted by molar-refractivity contribution is 5.95. The number of nitrogens with two attached hydrogens (primary N) is 1. The van der Waals surface area contributed by atoms with E-state index in [0.717, 1.165) is 18.5 Å². The summed E-state index contributed by atoms with van der Waals surface area (Å²) in [5, 5.41) is 17.4. The summed E-state index contributed by atoms with van der Waals surface area (Å²) < 4.78 is 1.52. The number of aromatic nitrogens is 2. The van der Waals surface area contributed by atoms with E-state index in [1.807, 2.05) is 31.2 Å². The van der Waals surface area contributed by atoms with Crippen molar-refractivity contribution in [2.45, 2.75) is 45.1 Å². The Kier molecular flexibility index (Phi) is 4.56. The number of nitrogens with one attached hydrogen (secondary N) is 1. The number of carbonyl (C=O) groups excluding carboxylic acids is 1. The van der Waals surface area contributed by atoms with Gasteiger partial charge in [-0.25, -0.2) is 4.68 Å². The van der Waals surface area contributed by atoms with Crippen molar-refractivity contribution in [3.8, 4) is 11.4 Å². The highest BCUT2D eigenvalue weighted by Crippen LogP contribution is 2.39. The van der Waals surface area contributed by atoms with Gasteiger partial charge in [0.2, 0.25) is 0 Å². The Labute approximate surface area is 148 Å². The molecule has 6 heteroatoms. The van der Waals surface area contributed by atoms with Crippen molar-refractivity contribution < 1.29 is 9.90 Å². The van der Waals surface area contributed by atoms with Crippen LogP contribution < -0.4 is 11.1 Å². The molecule has 0 radical (unpaired) electrons. The third kappa shape index (κ3) is 3.54. The van der Waals surface area contributed by atoms with Gasteiger partial charge in [0.15, 0.2) is 11.4 Å². The highest BCUT2D eigenvalue weighted by atomic mass is 16.3. The van der Waals surface area contributed by atoms with Gasteiger partial charge >= 0.3 is 0 Å². The minimum Gasteiger partial charge on any atom is -0.504 e. The van der Waals surface area contributed by atoms with E-state index in [4.69, 9.17) is 5.73 Å². The Balaban J connectivity index is 1.81. The highest BCUT2D eigenvalue weighted by Gasteiger charge is 2.42. The number of amides is 1. The lowest BCUT2D eigenvalue weighted by atomic mass is 9.96. The zero-order valence-corrected chi connectivity index (χ0v) is 15.0. The number of rotatable bonds is 6. The zero-order chi connectivity index (χ0) is 18.2. The van der Waals surface area contributed by atoms with E-state index in [-0.39, 0.29) is 11.4 Å². The van der Waals surface area contributed by atoms with Crippen LogP contribution in [-0.2, 0) is 0 Å². The molecule has 1 aromatic carbocycles. The smallest absolute Gasteiger partial charge is 0.276 e. The maximum absolute atomic E-state index is 12.6. The molecule has 1 unspecified atom stereocenters. The van der Waals surface area contributed by atoms with Gasteiger partial charge in [-0.15, -0.1) is 0 Å². The molecule has 1 aliphatic rings. The van der Waals surface area contributed by atoms with Gasteiger partial charge in [0.05, 0.1) is 17.4 Å². The fourth-order valence-corrected chi connectivity index (χ4v) is 3.03. The molecule has 1 saturated carbocycles. The third-order valence-electron chi connectivity index (χ3n) is 5.04. The number of benzene rings is 1. The van der Waals surface area contributed by atoms with Crippen molar-refractivity contribution in [2.75, 3.05) is 6.54 Å². The summed E-state index contributed by atoms with van der Waals surface area (Å²) in [6.07, 6.45) is 3.59. The first-order valence-corrected chi connectivity index (χ1v) is 8.75. The second-order valence-electron chi connectivity index (χ2n) is 7.40. The Bertz CT molecular complexity index is 762. The maximum Gasteiger partial charge on any atom is 0.276 e. The molecule has 25 heavy (non-hydrogen) atoms. The summed E-state index contributed by atoms with van der Waals surface area (Å²) in [7, 11) is 0. The van der Waals surface area contributed by atoms with Gasteiger partial charge in [0.1, 0.15) is 0 Å². The van der Waals surface area contributed by atoms with Gasteiger partial charge in [-0.2, -0.15) is 5.10 Å². The Morgan fingerprint density at radius 1 is 1.40 bits per heavy atom. The lowest BCUT2D eigenvalue weighted by molar-refractivity contribution is 0.0889. The molecule has 134 valence electrons. The SMILES string of the molecule is CC(C)c1ccc(-n2cc(O)c(C(=O)NC(C)(CN)C3CC3)n2)cc1. The predicted octanol–water partition coefficient (Wildman–Crippen LogP) is 2.56. The molecular weight excluding hydrogens is 316 g/mol. The molecule has 4 N–H and O–H groups in total. The van der Waals surface area contributed by atoms with Crippen molar-refractivity contribution >= 4 is 5.91 Å². The fourth-order valence-electron chi connectivity index (χ4n) is 3.03. The third-order valence-corrected chi connectivity index (χ3v) is 5.04. The van der Waals surface area contributed by atoms with Gasteiger partial charge in [-0.3, -0.25) is 4.79 Å². The van der Waals surface area contributed by atoms with Crippen LogP contribution in [0.4, 0.5) is 0 Å². The van der Waals surface area contributed by atoms with Crippen LogP contribution in [0.1, 0.15) is 55.6 Å². The van der Waals surface area contributed by atoms with Crippen LogP contribution in [-0.4, -0.2) is 32.9 Å². The average Bonchev–Trinajstić information content (AvgIpc) is 3.38. The fraction of sp³-hybridized carbons (Fsp3) is 0.474. The molecule has 1 atom stereocenters. The number of aromatic hydroxyl groups is 1. The first kappa shape index (κ1) is 17.5. The van der Waals surface area contributed by atoms with Crippen molar-refractivity contribution in [3.05, 3.63) is 41.7 Å². The van der Waals surface area contributed by atoms with E-state index in [9.17, 15) is 9.90 Å². The molecule has 0 spiro atoms. The van der Waals surface area contributed by atoms with E-state index in [0.29, 0.717) is 18.4 Å². The second kappa shape index (κ2) is 6.52.